The van der Waals surface area contributed by atoms with Gasteiger partial charge in [0.1, 0.15) is 0 Å². The second-order valence-electron chi connectivity index (χ2n) is 3.07. The van der Waals surface area contributed by atoms with Crippen molar-refractivity contribution in [2.24, 2.45) is 0 Å². The fraction of sp³-hybridized carbons (Fsp3) is 0.300. The molecule has 0 spiro atoms. The van der Waals surface area contributed by atoms with Crippen molar-refractivity contribution in [3.63, 3.8) is 0 Å². The summed E-state index contributed by atoms with van der Waals surface area (Å²) < 4.78 is 4.51. The zero-order valence-corrected chi connectivity index (χ0v) is 8.47. The van der Waals surface area contributed by atoms with E-state index in [1.165, 1.54) is 26.2 Å². The molecule has 0 fully saturated rings. The Morgan fingerprint density at radius 1 is 1.40 bits per heavy atom. The van der Waals surface area contributed by atoms with E-state index < -0.39 is 12.0 Å². The molecule has 0 N–H and O–H groups in total. The fourth-order valence-electron chi connectivity index (χ4n) is 1.14. The number of carbonyl (C=O) groups excluding carboxylic acids is 1. The van der Waals surface area contributed by atoms with Crippen LogP contribution in [0.1, 0.15) is 28.9 Å². The van der Waals surface area contributed by atoms with Gasteiger partial charge in [-0.25, -0.2) is 4.79 Å². The Hall–Kier alpha value is -1.91. The van der Waals surface area contributed by atoms with Crippen LogP contribution in [-0.2, 0) is 4.74 Å². The number of nitrogens with zero attached hydrogens (tertiary/aromatic N) is 1. The third-order valence-electron chi connectivity index (χ3n) is 2.13. The van der Waals surface area contributed by atoms with Crippen LogP contribution in [0.3, 0.4) is 0 Å². The highest BCUT2D eigenvalue weighted by Crippen LogP contribution is 2.16. The molecule has 5 heteroatoms. The Balaban J connectivity index is 2.90. The molecule has 0 aliphatic carbocycles. The lowest BCUT2D eigenvalue weighted by molar-refractivity contribution is -0.524. The first-order valence-electron chi connectivity index (χ1n) is 4.38. The van der Waals surface area contributed by atoms with E-state index in [4.69, 9.17) is 0 Å². The van der Waals surface area contributed by atoms with Crippen molar-refractivity contribution in [3.05, 3.63) is 45.5 Å². The first-order chi connectivity index (χ1) is 7.06. The molecule has 15 heavy (non-hydrogen) atoms. The third kappa shape index (κ3) is 2.52. The first-order valence-corrected chi connectivity index (χ1v) is 4.38. The minimum atomic E-state index is -0.767. The molecule has 0 heterocycles. The van der Waals surface area contributed by atoms with Gasteiger partial charge < -0.3 is 4.74 Å². The molecule has 0 unspecified atom stereocenters. The van der Waals surface area contributed by atoms with E-state index in [-0.39, 0.29) is 4.92 Å². The van der Waals surface area contributed by atoms with Gasteiger partial charge in [0.25, 0.3) is 0 Å². The summed E-state index contributed by atoms with van der Waals surface area (Å²) in [5.74, 6) is -0.449. The van der Waals surface area contributed by atoms with E-state index in [9.17, 15) is 14.9 Å². The van der Waals surface area contributed by atoms with Gasteiger partial charge in [0, 0.05) is 17.4 Å². The summed E-state index contributed by atoms with van der Waals surface area (Å²) >= 11 is 0. The minimum absolute atomic E-state index is 0.382. The van der Waals surface area contributed by atoms with Crippen molar-refractivity contribution >= 4 is 5.97 Å². The van der Waals surface area contributed by atoms with Crippen LogP contribution < -0.4 is 0 Å². The topological polar surface area (TPSA) is 69.4 Å². The van der Waals surface area contributed by atoms with Gasteiger partial charge in [-0.3, -0.25) is 10.1 Å². The van der Waals surface area contributed by atoms with Crippen LogP contribution in [0.25, 0.3) is 0 Å². The van der Waals surface area contributed by atoms with Gasteiger partial charge in [0.2, 0.25) is 6.04 Å². The van der Waals surface area contributed by atoms with E-state index in [1.807, 2.05) is 0 Å². The molecule has 0 aliphatic heterocycles. The summed E-state index contributed by atoms with van der Waals surface area (Å²) in [5, 5.41) is 10.5. The standard InChI is InChI=1S/C10H11NO4/c1-7(11(13)14)8-3-5-9(6-4-8)10(12)15-2/h3-7H,1-2H3/t7-/m1/s1. The summed E-state index contributed by atoms with van der Waals surface area (Å²) in [6.45, 7) is 1.49. The highest BCUT2D eigenvalue weighted by molar-refractivity contribution is 5.89. The van der Waals surface area contributed by atoms with Gasteiger partial charge >= 0.3 is 5.97 Å². The summed E-state index contributed by atoms with van der Waals surface area (Å²) in [6, 6.07) is 5.37. The van der Waals surface area contributed by atoms with Gasteiger partial charge in [-0.05, 0) is 12.1 Å². The lowest BCUT2D eigenvalue weighted by Gasteiger charge is -2.04. The Kier molecular flexibility index (Phi) is 3.38. The lowest BCUT2D eigenvalue weighted by atomic mass is 10.1. The van der Waals surface area contributed by atoms with Gasteiger partial charge in [0.05, 0.1) is 12.7 Å². The number of hydrogen-bond donors (Lipinski definition) is 0. The van der Waals surface area contributed by atoms with E-state index in [2.05, 4.69) is 4.74 Å². The molecule has 1 aromatic rings. The zero-order chi connectivity index (χ0) is 11.4. The third-order valence-corrected chi connectivity index (χ3v) is 2.13. The van der Waals surface area contributed by atoms with Crippen molar-refractivity contribution < 1.29 is 14.5 Å². The molecule has 0 aromatic heterocycles. The number of rotatable bonds is 3. The number of hydrogen-bond acceptors (Lipinski definition) is 4. The van der Waals surface area contributed by atoms with E-state index in [1.54, 1.807) is 12.1 Å². The molecule has 1 atom stereocenters. The molecule has 1 aromatic carbocycles. The maximum Gasteiger partial charge on any atom is 0.337 e. The Bertz CT molecular complexity index is 372. The molecule has 0 radical (unpaired) electrons. The number of benzene rings is 1. The van der Waals surface area contributed by atoms with Crippen LogP contribution in [0.2, 0.25) is 0 Å². The maximum atomic E-state index is 11.1. The number of ether oxygens (including phenoxy) is 1. The fourth-order valence-corrected chi connectivity index (χ4v) is 1.14. The molecule has 5 nitrogen and oxygen atoms in total. The average molecular weight is 209 g/mol. The monoisotopic (exact) mass is 209 g/mol. The molecular weight excluding hydrogens is 198 g/mol. The second-order valence-corrected chi connectivity index (χ2v) is 3.07. The van der Waals surface area contributed by atoms with Crippen LogP contribution in [0, 0.1) is 10.1 Å². The number of carbonyl (C=O) groups is 1. The van der Waals surface area contributed by atoms with Crippen molar-refractivity contribution in [1.82, 2.24) is 0 Å². The molecule has 80 valence electrons. The second kappa shape index (κ2) is 4.54. The molecule has 0 bridgehead atoms. The largest absolute Gasteiger partial charge is 0.465 e. The van der Waals surface area contributed by atoms with Gasteiger partial charge in [-0.2, -0.15) is 0 Å². The quantitative estimate of drug-likeness (QED) is 0.432. The predicted molar refractivity (Wildman–Crippen MR) is 53.2 cm³/mol. The van der Waals surface area contributed by atoms with Crippen LogP contribution in [0.5, 0.6) is 0 Å². The number of esters is 1. The maximum absolute atomic E-state index is 11.1. The molecule has 0 aliphatic rings. The lowest BCUT2D eigenvalue weighted by Crippen LogP contribution is -2.07. The summed E-state index contributed by atoms with van der Waals surface area (Å²) in [6.07, 6.45) is 0. The van der Waals surface area contributed by atoms with Crippen molar-refractivity contribution in [1.29, 1.82) is 0 Å². The number of nitro groups is 1. The molecular formula is C10H11NO4. The Morgan fingerprint density at radius 3 is 2.33 bits per heavy atom. The molecule has 1 rings (SSSR count). The van der Waals surface area contributed by atoms with Crippen molar-refractivity contribution in [3.8, 4) is 0 Å². The Labute approximate surface area is 86.8 Å². The van der Waals surface area contributed by atoms with E-state index in [0.29, 0.717) is 11.1 Å². The van der Waals surface area contributed by atoms with Gasteiger partial charge in [-0.1, -0.05) is 12.1 Å². The average Bonchev–Trinajstić information content (AvgIpc) is 2.27. The first kappa shape index (κ1) is 11.2. The van der Waals surface area contributed by atoms with Crippen LogP contribution in [0.4, 0.5) is 0 Å². The molecule has 0 saturated carbocycles. The SMILES string of the molecule is COC(=O)c1ccc([C@@H](C)[N+](=O)[O-])cc1. The van der Waals surface area contributed by atoms with Gasteiger partial charge in [-0.15, -0.1) is 0 Å². The smallest absolute Gasteiger partial charge is 0.337 e. The van der Waals surface area contributed by atoms with E-state index in [0.717, 1.165) is 0 Å². The summed E-state index contributed by atoms with van der Waals surface area (Å²) in [7, 11) is 1.29. The van der Waals surface area contributed by atoms with Crippen LogP contribution in [-0.4, -0.2) is 18.0 Å². The molecule has 0 amide bonds. The predicted octanol–water partition coefficient (Wildman–Crippen LogP) is 1.81. The van der Waals surface area contributed by atoms with Gasteiger partial charge in [0.15, 0.2) is 0 Å². The summed E-state index contributed by atoms with van der Waals surface area (Å²) in [5.41, 5.74) is 0.949. The highest BCUT2D eigenvalue weighted by Gasteiger charge is 2.16. The van der Waals surface area contributed by atoms with Crippen LogP contribution in [0.15, 0.2) is 24.3 Å². The highest BCUT2D eigenvalue weighted by atomic mass is 16.6. The van der Waals surface area contributed by atoms with Crippen LogP contribution >= 0.6 is 0 Å². The summed E-state index contributed by atoms with van der Waals surface area (Å²) in [4.78, 5) is 21.2. The van der Waals surface area contributed by atoms with Crippen molar-refractivity contribution in [2.75, 3.05) is 7.11 Å². The zero-order valence-electron chi connectivity index (χ0n) is 8.47. The normalized spacial score (nSPS) is 11.9. The number of methoxy groups -OCH3 is 1. The Morgan fingerprint density at radius 2 is 1.93 bits per heavy atom. The van der Waals surface area contributed by atoms with E-state index >= 15 is 0 Å². The molecule has 0 saturated heterocycles. The minimum Gasteiger partial charge on any atom is -0.465 e. The van der Waals surface area contributed by atoms with Crippen molar-refractivity contribution in [2.45, 2.75) is 13.0 Å².